The maximum Gasteiger partial charge on any atom is 0.321 e. The highest BCUT2D eigenvalue weighted by Crippen LogP contribution is 2.21. The second kappa shape index (κ2) is 4.86. The molecule has 1 saturated carbocycles. The molecule has 0 bridgehead atoms. The van der Waals surface area contributed by atoms with E-state index in [9.17, 15) is 4.79 Å². The molecular formula is C9H17NO2S. The average Bonchev–Trinajstić information content (AvgIpc) is 2.80. The molecule has 0 amide bonds. The van der Waals surface area contributed by atoms with Gasteiger partial charge in [-0.2, -0.15) is 11.8 Å². The zero-order valence-electron chi connectivity index (χ0n) is 8.12. The summed E-state index contributed by atoms with van der Waals surface area (Å²) in [5.41, 5.74) is 0. The van der Waals surface area contributed by atoms with E-state index < -0.39 is 5.97 Å². The molecule has 0 spiro atoms. The van der Waals surface area contributed by atoms with Gasteiger partial charge >= 0.3 is 5.97 Å². The second-order valence-corrected chi connectivity index (χ2v) is 5.32. The van der Waals surface area contributed by atoms with Crippen LogP contribution in [-0.2, 0) is 4.79 Å². The molecular weight excluding hydrogens is 186 g/mol. The number of thioether (sulfide) groups is 1. The molecule has 3 nitrogen and oxygen atoms in total. The summed E-state index contributed by atoms with van der Waals surface area (Å²) in [6.45, 7) is 4.17. The molecule has 1 aliphatic rings. The lowest BCUT2D eigenvalue weighted by Crippen LogP contribution is -2.40. The van der Waals surface area contributed by atoms with Crippen molar-refractivity contribution in [2.45, 2.75) is 44.0 Å². The summed E-state index contributed by atoms with van der Waals surface area (Å²) in [7, 11) is 0. The van der Waals surface area contributed by atoms with Gasteiger partial charge in [-0.25, -0.2) is 0 Å². The van der Waals surface area contributed by atoms with Crippen molar-refractivity contribution in [3.63, 3.8) is 0 Å². The molecule has 13 heavy (non-hydrogen) atoms. The van der Waals surface area contributed by atoms with Gasteiger partial charge in [-0.1, -0.05) is 13.8 Å². The number of nitrogens with one attached hydrogen (secondary N) is 1. The van der Waals surface area contributed by atoms with Crippen LogP contribution in [0.5, 0.6) is 0 Å². The maximum atomic E-state index is 10.8. The molecule has 0 aromatic heterocycles. The minimum Gasteiger partial charge on any atom is -0.480 e. The molecule has 4 heteroatoms. The molecule has 0 aliphatic heterocycles. The summed E-state index contributed by atoms with van der Waals surface area (Å²) in [6, 6.07) is 0.105. The van der Waals surface area contributed by atoms with E-state index in [2.05, 4.69) is 19.2 Å². The van der Waals surface area contributed by atoms with Gasteiger partial charge in [0.2, 0.25) is 0 Å². The maximum absolute atomic E-state index is 10.8. The van der Waals surface area contributed by atoms with Gasteiger partial charge in [-0.3, -0.25) is 4.79 Å². The lowest BCUT2D eigenvalue weighted by Gasteiger charge is -2.14. The molecule has 0 aromatic carbocycles. The van der Waals surface area contributed by atoms with Gasteiger partial charge in [0, 0.05) is 11.8 Å². The zero-order valence-corrected chi connectivity index (χ0v) is 8.93. The summed E-state index contributed by atoms with van der Waals surface area (Å²) in [5.74, 6) is -0.0520. The molecule has 0 aromatic rings. The summed E-state index contributed by atoms with van der Waals surface area (Å²) in [4.78, 5) is 10.8. The molecule has 0 unspecified atom stereocenters. The Hall–Kier alpha value is -0.220. The second-order valence-electron chi connectivity index (χ2n) is 3.71. The van der Waals surface area contributed by atoms with Gasteiger partial charge in [-0.05, 0) is 18.1 Å². The van der Waals surface area contributed by atoms with Crippen LogP contribution in [0.15, 0.2) is 0 Å². The number of carboxylic acids is 1. The lowest BCUT2D eigenvalue weighted by atomic mass is 10.3. The Bertz CT molecular complexity index is 180. The van der Waals surface area contributed by atoms with Crippen molar-refractivity contribution in [1.82, 2.24) is 5.32 Å². The van der Waals surface area contributed by atoms with Gasteiger partial charge in [0.15, 0.2) is 0 Å². The van der Waals surface area contributed by atoms with Crippen LogP contribution in [0.1, 0.15) is 26.7 Å². The van der Waals surface area contributed by atoms with Crippen LogP contribution in [0.3, 0.4) is 0 Å². The van der Waals surface area contributed by atoms with Crippen LogP contribution in [-0.4, -0.2) is 34.2 Å². The van der Waals surface area contributed by atoms with Crippen LogP contribution in [0, 0.1) is 0 Å². The SMILES string of the molecule is CC(C)SC[C@H](NC1CC1)C(=O)O. The number of hydrogen-bond donors (Lipinski definition) is 2. The zero-order chi connectivity index (χ0) is 9.84. The highest BCUT2D eigenvalue weighted by atomic mass is 32.2. The molecule has 0 saturated heterocycles. The first-order valence-electron chi connectivity index (χ1n) is 4.70. The lowest BCUT2D eigenvalue weighted by molar-refractivity contribution is -0.138. The number of hydrogen-bond acceptors (Lipinski definition) is 3. The molecule has 0 heterocycles. The number of aliphatic carboxylic acids is 1. The van der Waals surface area contributed by atoms with Gasteiger partial charge in [0.1, 0.15) is 6.04 Å². The van der Waals surface area contributed by atoms with E-state index in [1.165, 1.54) is 0 Å². The fourth-order valence-electron chi connectivity index (χ4n) is 1.01. The Morgan fingerprint density at radius 3 is 2.62 bits per heavy atom. The van der Waals surface area contributed by atoms with Crippen molar-refractivity contribution in [2.24, 2.45) is 0 Å². The summed E-state index contributed by atoms with van der Waals surface area (Å²) >= 11 is 1.69. The van der Waals surface area contributed by atoms with E-state index in [1.54, 1.807) is 11.8 Å². The molecule has 1 rings (SSSR count). The molecule has 2 N–H and O–H groups in total. The van der Waals surface area contributed by atoms with E-state index >= 15 is 0 Å². The Kier molecular flexibility index (Phi) is 4.06. The van der Waals surface area contributed by atoms with E-state index in [0.717, 1.165) is 12.8 Å². The predicted molar refractivity (Wildman–Crippen MR) is 55.2 cm³/mol. The van der Waals surface area contributed by atoms with Gasteiger partial charge in [0.25, 0.3) is 0 Å². The Balaban J connectivity index is 2.24. The van der Waals surface area contributed by atoms with E-state index in [-0.39, 0.29) is 6.04 Å². The number of rotatable bonds is 6. The van der Waals surface area contributed by atoms with Crippen LogP contribution >= 0.6 is 11.8 Å². The Labute approximate surface area is 83.3 Å². The van der Waals surface area contributed by atoms with Crippen LogP contribution < -0.4 is 5.32 Å². The fourth-order valence-corrected chi connectivity index (χ4v) is 1.83. The van der Waals surface area contributed by atoms with Crippen LogP contribution in [0.4, 0.5) is 0 Å². The Morgan fingerprint density at radius 2 is 2.23 bits per heavy atom. The average molecular weight is 203 g/mol. The molecule has 1 atom stereocenters. The van der Waals surface area contributed by atoms with Crippen molar-refractivity contribution >= 4 is 17.7 Å². The first-order chi connectivity index (χ1) is 6.09. The van der Waals surface area contributed by atoms with Crippen molar-refractivity contribution in [3.8, 4) is 0 Å². The summed E-state index contributed by atoms with van der Waals surface area (Å²) < 4.78 is 0. The summed E-state index contributed by atoms with van der Waals surface area (Å²) in [5, 5.41) is 12.5. The smallest absolute Gasteiger partial charge is 0.321 e. The van der Waals surface area contributed by atoms with Crippen LogP contribution in [0.25, 0.3) is 0 Å². The Morgan fingerprint density at radius 1 is 1.62 bits per heavy atom. The standard InChI is InChI=1S/C9H17NO2S/c1-6(2)13-5-8(9(11)12)10-7-3-4-7/h6-8,10H,3-5H2,1-2H3,(H,11,12)/t8-/m0/s1. The molecule has 1 aliphatic carbocycles. The van der Waals surface area contributed by atoms with Crippen molar-refractivity contribution in [3.05, 3.63) is 0 Å². The first kappa shape index (κ1) is 10.9. The third-order valence-electron chi connectivity index (χ3n) is 1.91. The molecule has 76 valence electrons. The minimum absolute atomic E-state index is 0.361. The first-order valence-corrected chi connectivity index (χ1v) is 5.75. The monoisotopic (exact) mass is 203 g/mol. The molecule has 1 fully saturated rings. The van der Waals surface area contributed by atoms with Crippen LogP contribution in [0.2, 0.25) is 0 Å². The highest BCUT2D eigenvalue weighted by molar-refractivity contribution is 7.99. The topological polar surface area (TPSA) is 49.3 Å². The third kappa shape index (κ3) is 4.52. The van der Waals surface area contributed by atoms with Crippen molar-refractivity contribution in [2.75, 3.05) is 5.75 Å². The predicted octanol–water partition coefficient (Wildman–Crippen LogP) is 1.33. The van der Waals surface area contributed by atoms with Gasteiger partial charge in [-0.15, -0.1) is 0 Å². The van der Waals surface area contributed by atoms with Crippen molar-refractivity contribution < 1.29 is 9.90 Å². The summed E-state index contributed by atoms with van der Waals surface area (Å²) in [6.07, 6.45) is 2.27. The van der Waals surface area contributed by atoms with Gasteiger partial charge in [0.05, 0.1) is 0 Å². The minimum atomic E-state index is -0.722. The van der Waals surface area contributed by atoms with E-state index in [4.69, 9.17) is 5.11 Å². The largest absolute Gasteiger partial charge is 0.480 e. The highest BCUT2D eigenvalue weighted by Gasteiger charge is 2.28. The third-order valence-corrected chi connectivity index (χ3v) is 3.10. The quantitative estimate of drug-likeness (QED) is 0.684. The van der Waals surface area contributed by atoms with Crippen molar-refractivity contribution in [1.29, 1.82) is 0 Å². The van der Waals surface area contributed by atoms with E-state index in [0.29, 0.717) is 17.0 Å². The number of carbonyl (C=O) groups is 1. The fraction of sp³-hybridized carbons (Fsp3) is 0.889. The van der Waals surface area contributed by atoms with Gasteiger partial charge < -0.3 is 10.4 Å². The normalized spacial score (nSPS) is 19.0. The van der Waals surface area contributed by atoms with E-state index in [1.807, 2.05) is 0 Å². The number of carboxylic acid groups (broad SMARTS) is 1. The molecule has 0 radical (unpaired) electrons.